The van der Waals surface area contributed by atoms with Gasteiger partial charge in [-0.25, -0.2) is 9.97 Å². The number of aliphatic hydroxyl groups excluding tert-OH is 1. The summed E-state index contributed by atoms with van der Waals surface area (Å²) in [6.45, 7) is 13.6. The van der Waals surface area contributed by atoms with Gasteiger partial charge in [-0.2, -0.15) is 0 Å². The van der Waals surface area contributed by atoms with Crippen LogP contribution in [0, 0.1) is 23.7 Å². The summed E-state index contributed by atoms with van der Waals surface area (Å²) < 4.78 is 19.1. The summed E-state index contributed by atoms with van der Waals surface area (Å²) in [5, 5.41) is 10.6. The van der Waals surface area contributed by atoms with Crippen molar-refractivity contribution in [1.82, 2.24) is 9.97 Å². The molecule has 0 aliphatic rings. The fourth-order valence-corrected chi connectivity index (χ4v) is 4.86. The largest absolute Gasteiger partial charge is 0.417 e. The first-order chi connectivity index (χ1) is 18.0. The normalized spacial score (nSPS) is 12.3. The molecule has 0 aliphatic carbocycles. The van der Waals surface area contributed by atoms with Crippen LogP contribution < -0.4 is 0 Å². The van der Waals surface area contributed by atoms with Gasteiger partial charge in [-0.15, -0.1) is 0 Å². The molecular formula is C29H38Br2N2O4Si. The number of hydrogen-bond donors (Lipinski definition) is 1. The van der Waals surface area contributed by atoms with Gasteiger partial charge in [0.1, 0.15) is 24.6 Å². The smallest absolute Gasteiger partial charge is 0.191 e. The third kappa shape index (κ3) is 13.0. The van der Waals surface area contributed by atoms with Crippen LogP contribution in [0.5, 0.6) is 0 Å². The molecule has 1 N–H and O–H groups in total. The lowest BCUT2D eigenvalue weighted by Gasteiger charge is -2.36. The average molecular weight is 667 g/mol. The highest BCUT2D eigenvalue weighted by molar-refractivity contribution is 9.10. The Morgan fingerprint density at radius 1 is 0.947 bits per heavy atom. The summed E-state index contributed by atoms with van der Waals surface area (Å²) in [5.41, 5.74) is 2.08. The van der Waals surface area contributed by atoms with E-state index in [1.54, 1.807) is 6.20 Å². The molecule has 6 nitrogen and oxygen atoms in total. The monoisotopic (exact) mass is 664 g/mol. The Bertz CT molecular complexity index is 1150. The maximum atomic E-state index is 10.4. The molecule has 0 aliphatic heterocycles. The predicted octanol–water partition coefficient (Wildman–Crippen LogP) is 6.14. The number of aliphatic hydroxyl groups is 1. The zero-order valence-corrected chi connectivity index (χ0v) is 27.1. The molecule has 0 spiro atoms. The van der Waals surface area contributed by atoms with Crippen molar-refractivity contribution in [3.05, 3.63) is 56.5 Å². The van der Waals surface area contributed by atoms with Crippen LogP contribution in [0.2, 0.25) is 18.1 Å². The summed E-state index contributed by atoms with van der Waals surface area (Å²) in [7, 11) is -1.70. The fourth-order valence-electron chi connectivity index (χ4n) is 2.96. The number of aromatic nitrogens is 2. The molecule has 2 rings (SSSR count). The predicted molar refractivity (Wildman–Crippen MR) is 161 cm³/mol. The fraction of sp³-hybridized carbons (Fsp3) is 0.517. The Morgan fingerprint density at radius 3 is 2.29 bits per heavy atom. The van der Waals surface area contributed by atoms with E-state index in [-0.39, 0.29) is 11.6 Å². The maximum absolute atomic E-state index is 10.4. The molecule has 2 heterocycles. The van der Waals surface area contributed by atoms with E-state index in [1.807, 2.05) is 24.3 Å². The van der Waals surface area contributed by atoms with Crippen molar-refractivity contribution in [3.8, 4) is 23.7 Å². The second-order valence-electron chi connectivity index (χ2n) is 10.3. The summed E-state index contributed by atoms with van der Waals surface area (Å²) in [4.78, 5) is 8.73. The highest BCUT2D eigenvalue weighted by atomic mass is 79.9. The third-order valence-corrected chi connectivity index (χ3v) is 11.6. The first kappa shape index (κ1) is 32.6. The molecule has 1 atom stereocenters. The molecule has 9 heteroatoms. The third-order valence-electron chi connectivity index (χ3n) is 6.09. The molecule has 206 valence electrons. The molecule has 1 unspecified atom stereocenters. The minimum absolute atomic E-state index is 0.215. The number of halogens is 2. The van der Waals surface area contributed by atoms with Gasteiger partial charge in [0.25, 0.3) is 0 Å². The molecular weight excluding hydrogens is 628 g/mol. The average Bonchev–Trinajstić information content (AvgIpc) is 2.82. The lowest BCUT2D eigenvalue weighted by molar-refractivity contribution is 0.0971. The van der Waals surface area contributed by atoms with Crippen LogP contribution in [0.25, 0.3) is 0 Å². The van der Waals surface area contributed by atoms with Crippen molar-refractivity contribution in [1.29, 1.82) is 0 Å². The molecule has 0 saturated carbocycles. The van der Waals surface area contributed by atoms with E-state index < -0.39 is 14.4 Å². The second kappa shape index (κ2) is 16.5. The summed E-state index contributed by atoms with van der Waals surface area (Å²) in [6.07, 6.45) is 2.87. The molecule has 0 amide bonds. The van der Waals surface area contributed by atoms with Gasteiger partial charge >= 0.3 is 0 Å². The standard InChI is InChI=1S/C29H38Br2N2O4Si/c1-29(2,3)38(4,5)37-17-8-16-35-14-7-10-26-20-24(31)21-27(33-26)22-28(34)12-18-36-15-6-9-25-19-23(30)11-13-32-25/h11,13,19-21,28,34H,8,12,14-18,22H2,1-5H3. The van der Waals surface area contributed by atoms with Crippen molar-refractivity contribution < 1.29 is 19.0 Å². The SMILES string of the molecule is CC(C)(C)[Si](C)(C)OCCCOCC#Cc1cc(Br)cc(CC(O)CCOCC#Cc2cc(Br)ccn2)n1. The van der Waals surface area contributed by atoms with Gasteiger partial charge in [0.15, 0.2) is 8.32 Å². The van der Waals surface area contributed by atoms with Crippen molar-refractivity contribution >= 4 is 40.2 Å². The van der Waals surface area contributed by atoms with Gasteiger partial charge in [0.05, 0.1) is 19.3 Å². The van der Waals surface area contributed by atoms with Gasteiger partial charge < -0.3 is 19.0 Å². The molecule has 0 saturated heterocycles. The van der Waals surface area contributed by atoms with Gasteiger partial charge in [-0.1, -0.05) is 64.5 Å². The Kier molecular flexibility index (Phi) is 14.2. The first-order valence-electron chi connectivity index (χ1n) is 12.7. The quantitative estimate of drug-likeness (QED) is 0.167. The van der Waals surface area contributed by atoms with Gasteiger partial charge in [-0.05, 0) is 67.1 Å². The molecule has 0 fully saturated rings. The Labute approximate surface area is 245 Å². The Morgan fingerprint density at radius 2 is 1.61 bits per heavy atom. The molecule has 38 heavy (non-hydrogen) atoms. The minimum Gasteiger partial charge on any atom is -0.417 e. The van der Waals surface area contributed by atoms with Crippen molar-refractivity contribution in [2.75, 3.05) is 33.0 Å². The minimum atomic E-state index is -1.70. The second-order valence-corrected chi connectivity index (χ2v) is 17.0. The number of nitrogens with zero attached hydrogens (tertiary/aromatic N) is 2. The highest BCUT2D eigenvalue weighted by Gasteiger charge is 2.36. The van der Waals surface area contributed by atoms with E-state index in [9.17, 15) is 5.11 Å². The lowest BCUT2D eigenvalue weighted by Crippen LogP contribution is -2.41. The topological polar surface area (TPSA) is 73.7 Å². The van der Waals surface area contributed by atoms with Crippen LogP contribution in [0.15, 0.2) is 39.4 Å². The van der Waals surface area contributed by atoms with E-state index in [1.165, 1.54) is 0 Å². The zero-order valence-electron chi connectivity index (χ0n) is 22.9. The number of hydrogen-bond acceptors (Lipinski definition) is 6. The maximum Gasteiger partial charge on any atom is 0.191 e. The van der Waals surface area contributed by atoms with Crippen LogP contribution in [0.4, 0.5) is 0 Å². The number of rotatable bonds is 12. The zero-order chi connectivity index (χ0) is 28.0. The van der Waals surface area contributed by atoms with Crippen LogP contribution in [0.3, 0.4) is 0 Å². The molecule has 0 aromatic carbocycles. The van der Waals surface area contributed by atoms with Crippen molar-refractivity contribution in [3.63, 3.8) is 0 Å². The first-order valence-corrected chi connectivity index (χ1v) is 17.2. The number of ether oxygens (including phenoxy) is 2. The highest BCUT2D eigenvalue weighted by Crippen LogP contribution is 2.36. The molecule has 2 aromatic heterocycles. The molecule has 0 radical (unpaired) electrons. The Balaban J connectivity index is 1.68. The van der Waals surface area contributed by atoms with E-state index in [0.717, 1.165) is 21.1 Å². The summed E-state index contributed by atoms with van der Waals surface area (Å²) in [5.74, 6) is 11.9. The van der Waals surface area contributed by atoms with Crippen molar-refractivity contribution in [2.24, 2.45) is 0 Å². The lowest BCUT2D eigenvalue weighted by atomic mass is 10.1. The van der Waals surface area contributed by atoms with E-state index in [0.29, 0.717) is 50.7 Å². The Hall–Kier alpha value is -1.56. The van der Waals surface area contributed by atoms with E-state index in [4.69, 9.17) is 13.9 Å². The van der Waals surface area contributed by atoms with Crippen LogP contribution in [0.1, 0.15) is 50.7 Å². The summed E-state index contributed by atoms with van der Waals surface area (Å²) in [6, 6.07) is 7.45. The van der Waals surface area contributed by atoms with Crippen LogP contribution >= 0.6 is 31.9 Å². The van der Waals surface area contributed by atoms with Gasteiger partial charge in [0, 0.05) is 33.9 Å². The number of pyridine rings is 2. The van der Waals surface area contributed by atoms with Crippen LogP contribution in [-0.4, -0.2) is 62.5 Å². The van der Waals surface area contributed by atoms with Gasteiger partial charge in [-0.3, -0.25) is 0 Å². The van der Waals surface area contributed by atoms with Crippen molar-refractivity contribution in [2.45, 2.75) is 64.3 Å². The van der Waals surface area contributed by atoms with Gasteiger partial charge in [0.2, 0.25) is 0 Å². The molecule has 2 aromatic rings. The molecule has 0 bridgehead atoms. The van der Waals surface area contributed by atoms with Crippen LogP contribution in [-0.2, 0) is 20.3 Å². The van der Waals surface area contributed by atoms with E-state index >= 15 is 0 Å². The summed E-state index contributed by atoms with van der Waals surface area (Å²) >= 11 is 6.90. The van der Waals surface area contributed by atoms with E-state index in [2.05, 4.69) is 99.4 Å².